The van der Waals surface area contributed by atoms with Crippen LogP contribution < -0.4 is 5.73 Å². The molecule has 0 saturated carbocycles. The van der Waals surface area contributed by atoms with Crippen molar-refractivity contribution in [1.82, 2.24) is 10.1 Å². The maximum absolute atomic E-state index is 6.85. The second kappa shape index (κ2) is 6.73. The lowest BCUT2D eigenvalue weighted by Gasteiger charge is -1.88. The fourth-order valence-corrected chi connectivity index (χ4v) is 0.731. The molecule has 0 fully saturated rings. The van der Waals surface area contributed by atoms with E-state index in [4.69, 9.17) is 9.93 Å². The first kappa shape index (κ1) is 12.2. The summed E-state index contributed by atoms with van der Waals surface area (Å²) >= 11 is 0. The van der Waals surface area contributed by atoms with Gasteiger partial charge in [-0.2, -0.15) is 4.98 Å². The van der Waals surface area contributed by atoms with Gasteiger partial charge in [-0.25, -0.2) is 0 Å². The van der Waals surface area contributed by atoms with Gasteiger partial charge in [-0.15, -0.1) is 0 Å². The molecular formula is C9H14N4O. The maximum Gasteiger partial charge on any atom is 0.257 e. The molecule has 1 rings (SSSR count). The minimum absolute atomic E-state index is 0.394. The number of allylic oxidation sites excluding steroid dienone is 3. The predicted octanol–water partition coefficient (Wildman–Crippen LogP) is 1.17. The molecule has 3 N–H and O–H groups in total. The summed E-state index contributed by atoms with van der Waals surface area (Å²) in [6.45, 7) is 5.30. The van der Waals surface area contributed by atoms with Gasteiger partial charge < -0.3 is 15.7 Å². The van der Waals surface area contributed by atoms with Crippen molar-refractivity contribution >= 4 is 11.8 Å². The highest BCUT2D eigenvalue weighted by Crippen LogP contribution is 2.11. The molecule has 0 aromatic carbocycles. The van der Waals surface area contributed by atoms with Gasteiger partial charge in [0.15, 0.2) is 5.82 Å². The number of aryl methyl sites for hydroxylation is 1. The third kappa shape index (κ3) is 3.32. The number of rotatable bonds is 3. The van der Waals surface area contributed by atoms with E-state index in [9.17, 15) is 0 Å². The van der Waals surface area contributed by atoms with Crippen molar-refractivity contribution in [3.63, 3.8) is 0 Å². The SMILES string of the molecule is C=C/C(=C\C=N)c1nc(C)no1.CN. The van der Waals surface area contributed by atoms with Crippen molar-refractivity contribution in [3.8, 4) is 0 Å². The summed E-state index contributed by atoms with van der Waals surface area (Å²) < 4.78 is 4.87. The van der Waals surface area contributed by atoms with Crippen LogP contribution in [-0.4, -0.2) is 23.4 Å². The van der Waals surface area contributed by atoms with Gasteiger partial charge in [0.25, 0.3) is 5.89 Å². The Morgan fingerprint density at radius 3 is 2.57 bits per heavy atom. The molecule has 1 aromatic rings. The number of nitrogens with one attached hydrogen (secondary N) is 1. The van der Waals surface area contributed by atoms with Crippen LogP contribution in [0.1, 0.15) is 11.7 Å². The molecule has 0 bridgehead atoms. The molecule has 0 spiro atoms. The summed E-state index contributed by atoms with van der Waals surface area (Å²) in [6, 6.07) is 0. The fourth-order valence-electron chi connectivity index (χ4n) is 0.731. The predicted molar refractivity (Wildman–Crippen MR) is 56.1 cm³/mol. The lowest BCUT2D eigenvalue weighted by molar-refractivity contribution is 0.403. The van der Waals surface area contributed by atoms with E-state index in [0.717, 1.165) is 6.21 Å². The number of nitrogens with zero attached hydrogens (tertiary/aromatic N) is 2. The van der Waals surface area contributed by atoms with Crippen LogP contribution in [0.25, 0.3) is 5.57 Å². The molecular weight excluding hydrogens is 180 g/mol. The summed E-state index contributed by atoms with van der Waals surface area (Å²) in [7, 11) is 1.50. The minimum Gasteiger partial charge on any atom is -0.334 e. The molecule has 1 heterocycles. The molecule has 0 aliphatic carbocycles. The zero-order valence-corrected chi connectivity index (χ0v) is 8.32. The largest absolute Gasteiger partial charge is 0.334 e. The van der Waals surface area contributed by atoms with Crippen LogP contribution in [0.2, 0.25) is 0 Å². The molecule has 5 nitrogen and oxygen atoms in total. The first-order chi connectivity index (χ1) is 6.77. The molecule has 0 radical (unpaired) electrons. The Bertz CT molecular complexity index is 327. The molecule has 0 atom stereocenters. The van der Waals surface area contributed by atoms with Crippen LogP contribution in [-0.2, 0) is 0 Å². The quantitative estimate of drug-likeness (QED) is 0.558. The highest BCUT2D eigenvalue weighted by Gasteiger charge is 2.04. The molecule has 0 aliphatic heterocycles. The number of hydrogen-bond donors (Lipinski definition) is 2. The Morgan fingerprint density at radius 1 is 1.57 bits per heavy atom. The van der Waals surface area contributed by atoms with Crippen molar-refractivity contribution < 1.29 is 4.52 Å². The Hall–Kier alpha value is -1.75. The molecule has 76 valence electrons. The van der Waals surface area contributed by atoms with Gasteiger partial charge in [-0.3, -0.25) is 0 Å². The molecule has 0 aliphatic rings. The summed E-state index contributed by atoms with van der Waals surface area (Å²) in [4.78, 5) is 3.98. The minimum atomic E-state index is 0.394. The van der Waals surface area contributed by atoms with Gasteiger partial charge >= 0.3 is 0 Å². The van der Waals surface area contributed by atoms with Crippen LogP contribution >= 0.6 is 0 Å². The van der Waals surface area contributed by atoms with Gasteiger partial charge in [0.05, 0.1) is 0 Å². The van der Waals surface area contributed by atoms with Crippen LogP contribution in [0.4, 0.5) is 0 Å². The highest BCUT2D eigenvalue weighted by atomic mass is 16.5. The van der Waals surface area contributed by atoms with Gasteiger partial charge in [-0.05, 0) is 20.0 Å². The second-order valence-electron chi connectivity index (χ2n) is 2.14. The van der Waals surface area contributed by atoms with E-state index in [-0.39, 0.29) is 0 Å². The number of nitrogens with two attached hydrogens (primary N) is 1. The Balaban J connectivity index is 0.000000791. The molecule has 5 heteroatoms. The average molecular weight is 194 g/mol. The Morgan fingerprint density at radius 2 is 2.21 bits per heavy atom. The zero-order valence-electron chi connectivity index (χ0n) is 8.32. The first-order valence-electron chi connectivity index (χ1n) is 3.99. The monoisotopic (exact) mass is 194 g/mol. The van der Waals surface area contributed by atoms with E-state index in [1.54, 1.807) is 19.1 Å². The Labute approximate surface area is 82.8 Å². The summed E-state index contributed by atoms with van der Waals surface area (Å²) in [5, 5.41) is 10.5. The van der Waals surface area contributed by atoms with E-state index in [1.807, 2.05) is 0 Å². The third-order valence-electron chi connectivity index (χ3n) is 1.26. The van der Waals surface area contributed by atoms with Crippen molar-refractivity contribution in [2.24, 2.45) is 5.73 Å². The average Bonchev–Trinajstić information content (AvgIpc) is 2.64. The van der Waals surface area contributed by atoms with E-state index in [2.05, 4.69) is 22.5 Å². The molecule has 0 saturated heterocycles. The van der Waals surface area contributed by atoms with Crippen LogP contribution in [0, 0.1) is 12.3 Å². The van der Waals surface area contributed by atoms with Gasteiger partial charge in [-0.1, -0.05) is 17.8 Å². The van der Waals surface area contributed by atoms with Crippen LogP contribution in [0.5, 0.6) is 0 Å². The van der Waals surface area contributed by atoms with Crippen molar-refractivity contribution in [2.45, 2.75) is 6.92 Å². The Kier molecular flexibility index (Phi) is 5.89. The lowest BCUT2D eigenvalue weighted by atomic mass is 10.2. The summed E-state index contributed by atoms with van der Waals surface area (Å²) in [5.74, 6) is 0.966. The van der Waals surface area contributed by atoms with Gasteiger partial charge in [0.1, 0.15) is 0 Å². The van der Waals surface area contributed by atoms with Gasteiger partial charge in [0.2, 0.25) is 0 Å². The van der Waals surface area contributed by atoms with Crippen LogP contribution in [0.15, 0.2) is 23.3 Å². The first-order valence-corrected chi connectivity index (χ1v) is 3.99. The second-order valence-corrected chi connectivity index (χ2v) is 2.14. The molecule has 1 aromatic heterocycles. The van der Waals surface area contributed by atoms with E-state index in [0.29, 0.717) is 17.3 Å². The molecule has 14 heavy (non-hydrogen) atoms. The molecule has 0 amide bonds. The third-order valence-corrected chi connectivity index (χ3v) is 1.26. The lowest BCUT2D eigenvalue weighted by Crippen LogP contribution is -1.81. The zero-order chi connectivity index (χ0) is 11.0. The van der Waals surface area contributed by atoms with Crippen molar-refractivity contribution in [3.05, 3.63) is 30.4 Å². The van der Waals surface area contributed by atoms with Crippen LogP contribution in [0.3, 0.4) is 0 Å². The fraction of sp³-hybridized carbons (Fsp3) is 0.222. The number of hydrogen-bond acceptors (Lipinski definition) is 5. The van der Waals surface area contributed by atoms with E-state index in [1.165, 1.54) is 7.05 Å². The highest BCUT2D eigenvalue weighted by molar-refractivity contribution is 5.84. The molecule has 0 unspecified atom stereocenters. The summed E-state index contributed by atoms with van der Waals surface area (Å²) in [5.41, 5.74) is 5.16. The van der Waals surface area contributed by atoms with Gasteiger partial charge in [0, 0.05) is 11.8 Å². The van der Waals surface area contributed by atoms with Crippen molar-refractivity contribution in [1.29, 1.82) is 5.41 Å². The normalized spacial score (nSPS) is 10.1. The van der Waals surface area contributed by atoms with E-state index < -0.39 is 0 Å². The maximum atomic E-state index is 6.85. The van der Waals surface area contributed by atoms with Crippen molar-refractivity contribution in [2.75, 3.05) is 7.05 Å². The smallest absolute Gasteiger partial charge is 0.257 e. The number of aromatic nitrogens is 2. The van der Waals surface area contributed by atoms with E-state index >= 15 is 0 Å². The standard InChI is InChI=1S/C8H9N3O.CH5N/c1-3-7(4-5-9)8-10-6(2)11-12-8;1-2/h3-5,9H,1H2,2H3;2H2,1H3/b7-4+,9-5?;. The topological polar surface area (TPSA) is 88.8 Å². The summed E-state index contributed by atoms with van der Waals surface area (Å²) in [6.07, 6.45) is 4.26.